The molecule has 15 heavy (non-hydrogen) atoms. The first kappa shape index (κ1) is 10.7. The van der Waals surface area contributed by atoms with E-state index in [1.54, 1.807) is 0 Å². The number of nitrogens with one attached hydrogen (secondary N) is 1. The first-order valence-electron chi connectivity index (χ1n) is 5.09. The molecule has 0 spiro atoms. The average Bonchev–Trinajstić information content (AvgIpc) is 2.87. The van der Waals surface area contributed by atoms with E-state index in [1.165, 1.54) is 0 Å². The summed E-state index contributed by atoms with van der Waals surface area (Å²) in [5, 5.41) is 3.05. The van der Waals surface area contributed by atoms with Crippen LogP contribution in [0.25, 0.3) is 0 Å². The van der Waals surface area contributed by atoms with Crippen LogP contribution >= 0.6 is 15.9 Å². The maximum atomic E-state index is 11.9. The molecule has 2 rings (SSSR count). The van der Waals surface area contributed by atoms with Crippen molar-refractivity contribution in [3.8, 4) is 0 Å². The Balaban J connectivity index is 2.21. The molecule has 1 aliphatic carbocycles. The Morgan fingerprint density at radius 1 is 1.47 bits per heavy atom. The van der Waals surface area contributed by atoms with Gasteiger partial charge in [0.25, 0.3) is 5.91 Å². The zero-order chi connectivity index (χ0) is 11.1. The summed E-state index contributed by atoms with van der Waals surface area (Å²) in [4.78, 5) is 11.9. The molecule has 0 unspecified atom stereocenters. The molecule has 1 N–H and O–H groups in total. The molecule has 1 amide bonds. The predicted octanol–water partition coefficient (Wildman–Crippen LogP) is 3.04. The van der Waals surface area contributed by atoms with Gasteiger partial charge in [0, 0.05) is 15.6 Å². The Morgan fingerprint density at radius 2 is 2.13 bits per heavy atom. The van der Waals surface area contributed by atoms with Gasteiger partial charge in [-0.2, -0.15) is 0 Å². The van der Waals surface area contributed by atoms with E-state index >= 15 is 0 Å². The van der Waals surface area contributed by atoms with E-state index in [-0.39, 0.29) is 11.4 Å². The molecule has 3 heteroatoms. The molecular weight excluding hydrogens is 254 g/mol. The molecular formula is C12H14BrNO. The number of amides is 1. The summed E-state index contributed by atoms with van der Waals surface area (Å²) in [5.41, 5.74) is 1.82. The van der Waals surface area contributed by atoms with Gasteiger partial charge in [-0.15, -0.1) is 0 Å². The van der Waals surface area contributed by atoms with Crippen molar-refractivity contribution in [1.82, 2.24) is 5.32 Å². The molecule has 0 aliphatic heterocycles. The minimum Gasteiger partial charge on any atom is -0.347 e. The zero-order valence-corrected chi connectivity index (χ0v) is 10.5. The molecule has 80 valence electrons. The van der Waals surface area contributed by atoms with E-state index in [2.05, 4.69) is 28.2 Å². The molecule has 0 radical (unpaired) electrons. The van der Waals surface area contributed by atoms with Gasteiger partial charge >= 0.3 is 0 Å². The number of carbonyl (C=O) groups is 1. The van der Waals surface area contributed by atoms with Crippen molar-refractivity contribution < 1.29 is 4.79 Å². The lowest BCUT2D eigenvalue weighted by atomic mass is 10.1. The van der Waals surface area contributed by atoms with E-state index in [0.717, 1.165) is 28.4 Å². The van der Waals surface area contributed by atoms with Gasteiger partial charge in [-0.25, -0.2) is 0 Å². The van der Waals surface area contributed by atoms with Crippen molar-refractivity contribution in [3.63, 3.8) is 0 Å². The van der Waals surface area contributed by atoms with Crippen LogP contribution in [0.1, 0.15) is 35.7 Å². The van der Waals surface area contributed by atoms with E-state index in [9.17, 15) is 4.79 Å². The average molecular weight is 268 g/mol. The molecule has 1 aliphatic rings. The fourth-order valence-electron chi connectivity index (χ4n) is 1.49. The fourth-order valence-corrected chi connectivity index (χ4v) is 1.85. The van der Waals surface area contributed by atoms with Crippen molar-refractivity contribution >= 4 is 21.8 Å². The molecule has 0 bridgehead atoms. The maximum Gasteiger partial charge on any atom is 0.252 e. The standard InChI is InChI=1S/C12H14BrNO/c1-8-3-4-9(13)7-10(8)11(15)14-12(2)5-6-12/h3-4,7H,5-6H2,1-2H3,(H,14,15). The lowest BCUT2D eigenvalue weighted by Gasteiger charge is -2.13. The second-order valence-electron chi connectivity index (χ2n) is 4.47. The number of benzene rings is 1. The molecule has 1 fully saturated rings. The Bertz CT molecular complexity index is 410. The lowest BCUT2D eigenvalue weighted by molar-refractivity contribution is 0.0935. The third-order valence-corrected chi connectivity index (χ3v) is 3.35. The lowest BCUT2D eigenvalue weighted by Crippen LogP contribution is -2.34. The van der Waals surface area contributed by atoms with Crippen LogP contribution in [-0.2, 0) is 0 Å². The Kier molecular flexibility index (Phi) is 2.59. The molecule has 1 aromatic carbocycles. The van der Waals surface area contributed by atoms with Gasteiger partial charge in [0.1, 0.15) is 0 Å². The highest BCUT2D eigenvalue weighted by Crippen LogP contribution is 2.34. The monoisotopic (exact) mass is 267 g/mol. The largest absolute Gasteiger partial charge is 0.347 e. The van der Waals surface area contributed by atoms with Gasteiger partial charge in [0.2, 0.25) is 0 Å². The third kappa shape index (κ3) is 2.40. The van der Waals surface area contributed by atoms with Crippen molar-refractivity contribution in [2.75, 3.05) is 0 Å². The van der Waals surface area contributed by atoms with Crippen LogP contribution in [0.4, 0.5) is 0 Å². The number of rotatable bonds is 2. The summed E-state index contributed by atoms with van der Waals surface area (Å²) in [7, 11) is 0. The molecule has 0 heterocycles. The molecule has 2 nitrogen and oxygen atoms in total. The predicted molar refractivity (Wildman–Crippen MR) is 64.0 cm³/mol. The first-order chi connectivity index (χ1) is 7.00. The molecule has 0 aromatic heterocycles. The van der Waals surface area contributed by atoms with Crippen molar-refractivity contribution in [2.45, 2.75) is 32.2 Å². The number of hydrogen-bond donors (Lipinski definition) is 1. The van der Waals surface area contributed by atoms with Crippen molar-refractivity contribution in [2.24, 2.45) is 0 Å². The minimum atomic E-state index is 0.0359. The highest BCUT2D eigenvalue weighted by Gasteiger charge is 2.38. The third-order valence-electron chi connectivity index (χ3n) is 2.86. The second-order valence-corrected chi connectivity index (χ2v) is 5.39. The van der Waals surface area contributed by atoms with Gasteiger partial charge in [-0.1, -0.05) is 22.0 Å². The van der Waals surface area contributed by atoms with E-state index < -0.39 is 0 Å². The number of hydrogen-bond acceptors (Lipinski definition) is 1. The minimum absolute atomic E-state index is 0.0359. The van der Waals surface area contributed by atoms with Gasteiger partial charge in [-0.05, 0) is 44.4 Å². The molecule has 1 saturated carbocycles. The van der Waals surface area contributed by atoms with Crippen LogP contribution < -0.4 is 5.32 Å². The van der Waals surface area contributed by atoms with Crippen LogP contribution in [0.5, 0.6) is 0 Å². The number of halogens is 1. The highest BCUT2D eigenvalue weighted by molar-refractivity contribution is 9.10. The normalized spacial score (nSPS) is 17.3. The fraction of sp³-hybridized carbons (Fsp3) is 0.417. The van der Waals surface area contributed by atoms with Crippen LogP contribution in [0, 0.1) is 6.92 Å². The Labute approximate surface area is 98.2 Å². The van der Waals surface area contributed by atoms with Gasteiger partial charge in [0.05, 0.1) is 0 Å². The summed E-state index contributed by atoms with van der Waals surface area (Å²) in [6.07, 6.45) is 2.18. The summed E-state index contributed by atoms with van der Waals surface area (Å²) < 4.78 is 0.944. The zero-order valence-electron chi connectivity index (χ0n) is 8.93. The SMILES string of the molecule is Cc1ccc(Br)cc1C(=O)NC1(C)CC1. The van der Waals surface area contributed by atoms with Crippen LogP contribution in [0.2, 0.25) is 0 Å². The first-order valence-corrected chi connectivity index (χ1v) is 5.88. The topological polar surface area (TPSA) is 29.1 Å². The van der Waals surface area contributed by atoms with Gasteiger partial charge < -0.3 is 5.32 Å². The molecule has 0 saturated heterocycles. The number of aryl methyl sites for hydroxylation is 1. The van der Waals surface area contributed by atoms with E-state index in [4.69, 9.17) is 0 Å². The van der Waals surface area contributed by atoms with Crippen LogP contribution in [-0.4, -0.2) is 11.4 Å². The summed E-state index contributed by atoms with van der Waals surface area (Å²) in [6.45, 7) is 4.04. The summed E-state index contributed by atoms with van der Waals surface area (Å²) >= 11 is 3.38. The smallest absolute Gasteiger partial charge is 0.252 e. The van der Waals surface area contributed by atoms with Gasteiger partial charge in [-0.3, -0.25) is 4.79 Å². The Hall–Kier alpha value is -0.830. The van der Waals surface area contributed by atoms with Crippen LogP contribution in [0.3, 0.4) is 0 Å². The van der Waals surface area contributed by atoms with E-state index in [0.29, 0.717) is 0 Å². The van der Waals surface area contributed by atoms with Crippen molar-refractivity contribution in [1.29, 1.82) is 0 Å². The van der Waals surface area contributed by atoms with Crippen LogP contribution in [0.15, 0.2) is 22.7 Å². The highest BCUT2D eigenvalue weighted by atomic mass is 79.9. The summed E-state index contributed by atoms with van der Waals surface area (Å²) in [6, 6.07) is 5.77. The van der Waals surface area contributed by atoms with Crippen molar-refractivity contribution in [3.05, 3.63) is 33.8 Å². The number of carbonyl (C=O) groups excluding carboxylic acids is 1. The Morgan fingerprint density at radius 3 is 2.73 bits per heavy atom. The van der Waals surface area contributed by atoms with Gasteiger partial charge in [0.15, 0.2) is 0 Å². The molecule has 0 atom stereocenters. The quantitative estimate of drug-likeness (QED) is 0.877. The van der Waals surface area contributed by atoms with E-state index in [1.807, 2.05) is 25.1 Å². The second kappa shape index (κ2) is 3.63. The maximum absolute atomic E-state index is 11.9. The molecule has 1 aromatic rings. The summed E-state index contributed by atoms with van der Waals surface area (Å²) in [5.74, 6) is 0.0359.